The van der Waals surface area contributed by atoms with Gasteiger partial charge in [0.2, 0.25) is 0 Å². The maximum absolute atomic E-state index is 11.9. The molecule has 0 atom stereocenters. The van der Waals surface area contributed by atoms with E-state index in [-0.39, 0.29) is 5.56 Å². The van der Waals surface area contributed by atoms with Crippen LogP contribution in [0.25, 0.3) is 10.9 Å². The summed E-state index contributed by atoms with van der Waals surface area (Å²) >= 11 is 0. The van der Waals surface area contributed by atoms with Crippen LogP contribution in [-0.4, -0.2) is 11.7 Å². The van der Waals surface area contributed by atoms with Gasteiger partial charge in [0.15, 0.2) is 5.75 Å². The molecule has 0 unspecified atom stereocenters. The van der Waals surface area contributed by atoms with E-state index in [1.165, 1.54) is 12.7 Å². The molecule has 76 valence electrons. The summed E-state index contributed by atoms with van der Waals surface area (Å²) in [5, 5.41) is 1.08. The fourth-order valence-corrected chi connectivity index (χ4v) is 2.29. The number of nitrogens with zero attached hydrogens (tertiary/aromatic N) is 1. The van der Waals surface area contributed by atoms with E-state index in [4.69, 9.17) is 4.74 Å². The van der Waals surface area contributed by atoms with Gasteiger partial charge in [0.25, 0.3) is 5.56 Å². The number of benzene rings is 1. The quantitative estimate of drug-likeness (QED) is 0.701. The van der Waals surface area contributed by atoms with E-state index in [1.807, 2.05) is 22.8 Å². The minimum atomic E-state index is -0.0186. The number of pyridine rings is 1. The first-order valence-corrected chi connectivity index (χ1v) is 5.00. The van der Waals surface area contributed by atoms with E-state index in [2.05, 4.69) is 6.07 Å². The van der Waals surface area contributed by atoms with Gasteiger partial charge in [-0.15, -0.1) is 0 Å². The molecule has 0 saturated heterocycles. The molecule has 2 aromatic rings. The number of hydrogen-bond acceptors (Lipinski definition) is 2. The van der Waals surface area contributed by atoms with Crippen LogP contribution in [-0.2, 0) is 13.0 Å². The monoisotopic (exact) mass is 201 g/mol. The molecule has 3 rings (SSSR count). The van der Waals surface area contributed by atoms with E-state index >= 15 is 0 Å². The molecule has 0 spiro atoms. The first kappa shape index (κ1) is 8.53. The normalized spacial score (nSPS) is 13.4. The van der Waals surface area contributed by atoms with Gasteiger partial charge < -0.3 is 9.30 Å². The second kappa shape index (κ2) is 2.86. The predicted molar refractivity (Wildman–Crippen MR) is 58.5 cm³/mol. The van der Waals surface area contributed by atoms with Crippen molar-refractivity contribution in [1.29, 1.82) is 0 Å². The minimum absolute atomic E-state index is 0.0186. The van der Waals surface area contributed by atoms with Crippen molar-refractivity contribution in [2.24, 2.45) is 0 Å². The van der Waals surface area contributed by atoms with Crippen LogP contribution in [0.1, 0.15) is 5.56 Å². The van der Waals surface area contributed by atoms with Gasteiger partial charge in [-0.2, -0.15) is 0 Å². The standard InChI is InChI=1S/C12H11NO2/c1-15-10-7-9-4-2-3-8-5-6-13(11(8)9)12(10)14/h2-4,7H,5-6H2,1H3. The fraction of sp³-hybridized carbons (Fsp3) is 0.250. The molecule has 1 aliphatic rings. The Hall–Kier alpha value is -1.77. The van der Waals surface area contributed by atoms with Crippen LogP contribution >= 0.6 is 0 Å². The van der Waals surface area contributed by atoms with Crippen molar-refractivity contribution in [2.75, 3.05) is 7.11 Å². The molecule has 1 aliphatic heterocycles. The molecular weight excluding hydrogens is 190 g/mol. The van der Waals surface area contributed by atoms with Gasteiger partial charge in [0, 0.05) is 11.9 Å². The highest BCUT2D eigenvalue weighted by molar-refractivity contribution is 5.84. The van der Waals surface area contributed by atoms with Crippen molar-refractivity contribution in [1.82, 2.24) is 4.57 Å². The van der Waals surface area contributed by atoms with Crippen molar-refractivity contribution >= 4 is 10.9 Å². The van der Waals surface area contributed by atoms with Crippen molar-refractivity contribution in [3.63, 3.8) is 0 Å². The van der Waals surface area contributed by atoms with Gasteiger partial charge in [-0.05, 0) is 18.1 Å². The third kappa shape index (κ3) is 1.03. The highest BCUT2D eigenvalue weighted by Gasteiger charge is 2.17. The lowest BCUT2D eigenvalue weighted by Crippen LogP contribution is -2.19. The number of ether oxygens (including phenoxy) is 1. The Bertz CT molecular complexity index is 598. The summed E-state index contributed by atoms with van der Waals surface area (Å²) in [5.41, 5.74) is 2.31. The number of aryl methyl sites for hydroxylation is 2. The second-order valence-electron chi connectivity index (χ2n) is 3.77. The van der Waals surface area contributed by atoms with E-state index in [1.54, 1.807) is 0 Å². The molecule has 3 heteroatoms. The maximum Gasteiger partial charge on any atom is 0.293 e. The lowest BCUT2D eigenvalue weighted by molar-refractivity contribution is 0.405. The average Bonchev–Trinajstić information content (AvgIpc) is 2.69. The van der Waals surface area contributed by atoms with E-state index in [9.17, 15) is 4.79 Å². The zero-order valence-corrected chi connectivity index (χ0v) is 8.49. The van der Waals surface area contributed by atoms with E-state index in [0.29, 0.717) is 5.75 Å². The molecule has 0 fully saturated rings. The molecule has 15 heavy (non-hydrogen) atoms. The SMILES string of the molecule is COc1cc2cccc3c2n(c1=O)CC3. The van der Waals surface area contributed by atoms with Gasteiger partial charge in [-0.1, -0.05) is 18.2 Å². The molecule has 1 aromatic heterocycles. The summed E-state index contributed by atoms with van der Waals surface area (Å²) in [4.78, 5) is 11.9. The highest BCUT2D eigenvalue weighted by atomic mass is 16.5. The Morgan fingerprint density at radius 3 is 3.07 bits per heavy atom. The molecule has 2 heterocycles. The first-order valence-electron chi connectivity index (χ1n) is 5.00. The Kier molecular flexibility index (Phi) is 1.63. The van der Waals surface area contributed by atoms with Gasteiger partial charge in [-0.3, -0.25) is 4.79 Å². The third-order valence-electron chi connectivity index (χ3n) is 2.99. The molecule has 0 aliphatic carbocycles. The second-order valence-corrected chi connectivity index (χ2v) is 3.77. The largest absolute Gasteiger partial charge is 0.491 e. The number of rotatable bonds is 1. The van der Waals surface area contributed by atoms with Crippen molar-refractivity contribution in [3.8, 4) is 5.75 Å². The smallest absolute Gasteiger partial charge is 0.293 e. The lowest BCUT2D eigenvalue weighted by Gasteiger charge is -2.06. The molecule has 1 aromatic carbocycles. The topological polar surface area (TPSA) is 31.2 Å². The van der Waals surface area contributed by atoms with Crippen LogP contribution in [0, 0.1) is 0 Å². The molecule has 0 amide bonds. The highest BCUT2D eigenvalue weighted by Crippen LogP contribution is 2.25. The number of methoxy groups -OCH3 is 1. The average molecular weight is 201 g/mol. The Balaban J connectivity index is 2.52. The predicted octanol–water partition coefficient (Wildman–Crippen LogP) is 1.57. The number of aromatic nitrogens is 1. The van der Waals surface area contributed by atoms with Crippen LogP contribution in [0.2, 0.25) is 0 Å². The van der Waals surface area contributed by atoms with E-state index in [0.717, 1.165) is 23.9 Å². The molecule has 3 nitrogen and oxygen atoms in total. The third-order valence-corrected chi connectivity index (χ3v) is 2.99. The molecular formula is C12H11NO2. The summed E-state index contributed by atoms with van der Waals surface area (Å²) < 4.78 is 6.89. The van der Waals surface area contributed by atoms with Gasteiger partial charge in [-0.25, -0.2) is 0 Å². The molecule has 0 bridgehead atoms. The summed E-state index contributed by atoms with van der Waals surface area (Å²) in [7, 11) is 1.54. The first-order chi connectivity index (χ1) is 7.31. The van der Waals surface area contributed by atoms with Crippen LogP contribution in [0.5, 0.6) is 5.75 Å². The Labute approximate surface area is 86.9 Å². The van der Waals surface area contributed by atoms with Crippen LogP contribution in [0.3, 0.4) is 0 Å². The maximum atomic E-state index is 11.9. The van der Waals surface area contributed by atoms with Crippen molar-refractivity contribution in [2.45, 2.75) is 13.0 Å². The van der Waals surface area contributed by atoms with Crippen LogP contribution < -0.4 is 10.3 Å². The van der Waals surface area contributed by atoms with Gasteiger partial charge >= 0.3 is 0 Å². The zero-order valence-electron chi connectivity index (χ0n) is 8.49. The zero-order chi connectivity index (χ0) is 10.4. The van der Waals surface area contributed by atoms with Crippen LogP contribution in [0.4, 0.5) is 0 Å². The summed E-state index contributed by atoms with van der Waals surface area (Å²) in [6.45, 7) is 0.770. The Morgan fingerprint density at radius 2 is 2.27 bits per heavy atom. The number of para-hydroxylation sites is 1. The van der Waals surface area contributed by atoms with Crippen molar-refractivity contribution in [3.05, 3.63) is 40.2 Å². The van der Waals surface area contributed by atoms with Gasteiger partial charge in [0.05, 0.1) is 12.6 Å². The number of hydrogen-bond donors (Lipinski definition) is 0. The molecule has 0 N–H and O–H groups in total. The molecule has 0 saturated carbocycles. The summed E-state index contributed by atoms with van der Waals surface area (Å²) in [6.07, 6.45) is 0.944. The van der Waals surface area contributed by atoms with Crippen molar-refractivity contribution < 1.29 is 4.74 Å². The van der Waals surface area contributed by atoms with E-state index < -0.39 is 0 Å². The summed E-state index contributed by atoms with van der Waals surface area (Å²) in [6, 6.07) is 7.95. The minimum Gasteiger partial charge on any atom is -0.491 e. The van der Waals surface area contributed by atoms with Crippen LogP contribution in [0.15, 0.2) is 29.1 Å². The molecule has 0 radical (unpaired) electrons. The summed E-state index contributed by atoms with van der Waals surface area (Å²) in [5.74, 6) is 0.432. The Morgan fingerprint density at radius 1 is 1.40 bits per heavy atom. The lowest BCUT2D eigenvalue weighted by atomic mass is 10.1. The fourth-order valence-electron chi connectivity index (χ4n) is 2.29. The van der Waals surface area contributed by atoms with Gasteiger partial charge in [0.1, 0.15) is 0 Å².